The zero-order valence-electron chi connectivity index (χ0n) is 15.9. The smallest absolute Gasteiger partial charge is 0.319 e. The molecule has 7 heteroatoms. The fourth-order valence-corrected chi connectivity index (χ4v) is 4.46. The maximum atomic E-state index is 13.3. The second-order valence-electron chi connectivity index (χ2n) is 6.99. The van der Waals surface area contributed by atoms with Crippen molar-refractivity contribution in [3.05, 3.63) is 77.1 Å². The molecule has 4 rings (SSSR count). The molecular weight excluding hydrogens is 389 g/mol. The van der Waals surface area contributed by atoms with Crippen molar-refractivity contribution < 1.29 is 14.0 Å². The van der Waals surface area contributed by atoms with Crippen LogP contribution < -0.4 is 5.32 Å². The van der Waals surface area contributed by atoms with E-state index in [0.717, 1.165) is 22.6 Å². The molecule has 0 saturated carbocycles. The second kappa shape index (κ2) is 7.75. The van der Waals surface area contributed by atoms with Gasteiger partial charge in [-0.05, 0) is 36.2 Å². The van der Waals surface area contributed by atoms with E-state index in [1.807, 2.05) is 42.6 Å². The molecule has 1 aliphatic rings. The summed E-state index contributed by atoms with van der Waals surface area (Å²) in [6.45, 7) is 2.09. The van der Waals surface area contributed by atoms with Crippen molar-refractivity contribution in [2.75, 3.05) is 0 Å². The number of amides is 3. The van der Waals surface area contributed by atoms with Crippen LogP contribution in [0.1, 0.15) is 31.0 Å². The summed E-state index contributed by atoms with van der Waals surface area (Å²) in [7, 11) is 0. The van der Waals surface area contributed by atoms with Crippen molar-refractivity contribution in [3.8, 4) is 10.6 Å². The average molecular weight is 409 g/mol. The molecule has 2 aromatic carbocycles. The third-order valence-corrected chi connectivity index (χ3v) is 5.97. The lowest BCUT2D eigenvalue weighted by Crippen LogP contribution is -2.43. The number of rotatable bonds is 6. The van der Waals surface area contributed by atoms with Gasteiger partial charge in [0.25, 0.3) is 5.91 Å². The van der Waals surface area contributed by atoms with E-state index in [2.05, 4.69) is 10.3 Å². The molecule has 1 atom stereocenters. The van der Waals surface area contributed by atoms with Crippen LogP contribution in [0.3, 0.4) is 0 Å². The van der Waals surface area contributed by atoms with Gasteiger partial charge in [0.15, 0.2) is 0 Å². The van der Waals surface area contributed by atoms with Gasteiger partial charge < -0.3 is 5.32 Å². The average Bonchev–Trinajstić information content (AvgIpc) is 3.29. The summed E-state index contributed by atoms with van der Waals surface area (Å²) in [4.78, 5) is 31.8. The molecule has 3 aromatic rings. The molecule has 5 nitrogen and oxygen atoms in total. The lowest BCUT2D eigenvalue weighted by molar-refractivity contribution is -0.132. The fourth-order valence-electron chi connectivity index (χ4n) is 3.64. The molecule has 148 valence electrons. The van der Waals surface area contributed by atoms with Crippen LogP contribution in [0.2, 0.25) is 0 Å². The summed E-state index contributed by atoms with van der Waals surface area (Å²) in [5.74, 6) is -0.565. The molecule has 0 aliphatic carbocycles. The standard InChI is InChI=1S/C22H20FN3O2S/c1-2-12-22(16-6-4-3-5-7-16)20(27)26(21(28)25-22)13-18-14-29-19(24-18)15-8-10-17(23)11-9-15/h3-11,14H,2,12-13H2,1H3,(H,25,28). The molecule has 29 heavy (non-hydrogen) atoms. The molecule has 0 bridgehead atoms. The van der Waals surface area contributed by atoms with E-state index >= 15 is 0 Å². The quantitative estimate of drug-likeness (QED) is 0.601. The van der Waals surface area contributed by atoms with Crippen LogP contribution in [0.5, 0.6) is 0 Å². The summed E-state index contributed by atoms with van der Waals surface area (Å²) in [6, 6.07) is 15.0. The van der Waals surface area contributed by atoms with Gasteiger partial charge >= 0.3 is 6.03 Å². The van der Waals surface area contributed by atoms with Gasteiger partial charge in [-0.3, -0.25) is 9.69 Å². The van der Waals surface area contributed by atoms with Crippen LogP contribution in [0, 0.1) is 5.82 Å². The fraction of sp³-hybridized carbons (Fsp3) is 0.227. The Hall–Kier alpha value is -3.06. The number of nitrogens with one attached hydrogen (secondary N) is 1. The van der Waals surface area contributed by atoms with Gasteiger partial charge in [0.1, 0.15) is 16.4 Å². The van der Waals surface area contributed by atoms with Crippen molar-refractivity contribution in [2.24, 2.45) is 0 Å². The van der Waals surface area contributed by atoms with E-state index in [9.17, 15) is 14.0 Å². The highest BCUT2D eigenvalue weighted by Crippen LogP contribution is 2.34. The number of thiazole rings is 1. The van der Waals surface area contributed by atoms with E-state index in [1.54, 1.807) is 12.1 Å². The maximum Gasteiger partial charge on any atom is 0.325 e. The molecule has 3 amide bonds. The van der Waals surface area contributed by atoms with Crippen molar-refractivity contribution in [3.63, 3.8) is 0 Å². The Balaban J connectivity index is 1.59. The van der Waals surface area contributed by atoms with E-state index in [-0.39, 0.29) is 18.3 Å². The Bertz CT molecular complexity index is 1040. The minimum atomic E-state index is -1.04. The predicted molar refractivity (Wildman–Crippen MR) is 110 cm³/mol. The Labute approximate surface area is 172 Å². The van der Waals surface area contributed by atoms with Gasteiger partial charge in [0.05, 0.1) is 12.2 Å². The first kappa shape index (κ1) is 19.3. The molecule has 1 fully saturated rings. The summed E-state index contributed by atoms with van der Waals surface area (Å²) in [5, 5.41) is 5.46. The van der Waals surface area contributed by atoms with Gasteiger partial charge in [-0.25, -0.2) is 14.2 Å². The van der Waals surface area contributed by atoms with Gasteiger partial charge in [-0.15, -0.1) is 11.3 Å². The predicted octanol–water partition coefficient (Wildman–Crippen LogP) is 4.70. The monoisotopic (exact) mass is 409 g/mol. The SMILES string of the molecule is CCCC1(c2ccccc2)NC(=O)N(Cc2csc(-c3ccc(F)cc3)n2)C1=O. The lowest BCUT2D eigenvalue weighted by Gasteiger charge is -2.26. The van der Waals surface area contributed by atoms with E-state index in [4.69, 9.17) is 0 Å². The molecular formula is C22H20FN3O2S. The van der Waals surface area contributed by atoms with Crippen LogP contribution in [0.15, 0.2) is 60.0 Å². The topological polar surface area (TPSA) is 62.3 Å². The van der Waals surface area contributed by atoms with Crippen LogP contribution in [0.4, 0.5) is 9.18 Å². The zero-order chi connectivity index (χ0) is 20.4. The zero-order valence-corrected chi connectivity index (χ0v) is 16.7. The number of hydrogen-bond acceptors (Lipinski definition) is 4. The maximum absolute atomic E-state index is 13.3. The van der Waals surface area contributed by atoms with E-state index in [0.29, 0.717) is 12.1 Å². The highest BCUT2D eigenvalue weighted by molar-refractivity contribution is 7.13. The summed E-state index contributed by atoms with van der Waals surface area (Å²) in [5.41, 5.74) is 1.17. The summed E-state index contributed by atoms with van der Waals surface area (Å²) >= 11 is 1.40. The largest absolute Gasteiger partial charge is 0.325 e. The molecule has 0 radical (unpaired) electrons. The number of aromatic nitrogens is 1. The number of halogens is 1. The number of nitrogens with zero attached hydrogens (tertiary/aromatic N) is 2. The Morgan fingerprint density at radius 2 is 1.83 bits per heavy atom. The summed E-state index contributed by atoms with van der Waals surface area (Å²) in [6.07, 6.45) is 1.27. The number of imide groups is 1. The lowest BCUT2D eigenvalue weighted by atomic mass is 9.85. The highest BCUT2D eigenvalue weighted by atomic mass is 32.1. The third kappa shape index (κ3) is 3.53. The minimum Gasteiger partial charge on any atom is -0.319 e. The first-order valence-electron chi connectivity index (χ1n) is 9.43. The van der Waals surface area contributed by atoms with Crippen molar-refractivity contribution >= 4 is 23.3 Å². The molecule has 1 aromatic heterocycles. The summed E-state index contributed by atoms with van der Waals surface area (Å²) < 4.78 is 13.1. The van der Waals surface area contributed by atoms with Crippen LogP contribution in [0.25, 0.3) is 10.6 Å². The van der Waals surface area contributed by atoms with Gasteiger partial charge in [-0.1, -0.05) is 43.7 Å². The van der Waals surface area contributed by atoms with Crippen LogP contribution in [-0.2, 0) is 16.9 Å². The first-order chi connectivity index (χ1) is 14.0. The molecule has 1 aliphatic heterocycles. The molecule has 2 heterocycles. The second-order valence-corrected chi connectivity index (χ2v) is 7.85. The molecule has 0 spiro atoms. The number of carbonyl (C=O) groups excluding carboxylic acids is 2. The normalized spacial score (nSPS) is 18.9. The highest BCUT2D eigenvalue weighted by Gasteiger charge is 2.51. The van der Waals surface area contributed by atoms with Gasteiger partial charge in [0, 0.05) is 10.9 Å². The molecule has 1 saturated heterocycles. The molecule has 1 unspecified atom stereocenters. The number of benzene rings is 2. The Morgan fingerprint density at radius 3 is 2.52 bits per heavy atom. The third-order valence-electron chi connectivity index (χ3n) is 5.03. The Morgan fingerprint density at radius 1 is 1.10 bits per heavy atom. The van der Waals surface area contributed by atoms with E-state index < -0.39 is 11.6 Å². The Kier molecular flexibility index (Phi) is 5.15. The number of urea groups is 1. The minimum absolute atomic E-state index is 0.0979. The first-order valence-corrected chi connectivity index (χ1v) is 10.3. The van der Waals surface area contributed by atoms with Crippen molar-refractivity contribution in [1.82, 2.24) is 15.2 Å². The van der Waals surface area contributed by atoms with Crippen molar-refractivity contribution in [2.45, 2.75) is 31.8 Å². The number of hydrogen-bond donors (Lipinski definition) is 1. The van der Waals surface area contributed by atoms with Crippen LogP contribution >= 0.6 is 11.3 Å². The number of carbonyl (C=O) groups is 2. The van der Waals surface area contributed by atoms with Crippen molar-refractivity contribution in [1.29, 1.82) is 0 Å². The van der Waals surface area contributed by atoms with Crippen LogP contribution in [-0.4, -0.2) is 21.8 Å². The van der Waals surface area contributed by atoms with Gasteiger partial charge in [-0.2, -0.15) is 0 Å². The van der Waals surface area contributed by atoms with E-state index in [1.165, 1.54) is 28.4 Å². The molecule has 1 N–H and O–H groups in total. The van der Waals surface area contributed by atoms with Gasteiger partial charge in [0.2, 0.25) is 0 Å².